The summed E-state index contributed by atoms with van der Waals surface area (Å²) in [5, 5.41) is 2.11. The van der Waals surface area contributed by atoms with E-state index in [0.717, 1.165) is 54.0 Å². The van der Waals surface area contributed by atoms with Crippen LogP contribution in [0.15, 0.2) is 72.8 Å². The Balaban J connectivity index is 1.31. The highest BCUT2D eigenvalue weighted by molar-refractivity contribution is 6.09. The Morgan fingerprint density at radius 1 is 0.839 bits per heavy atom. The van der Waals surface area contributed by atoms with Crippen molar-refractivity contribution >= 4 is 22.6 Å². The van der Waals surface area contributed by atoms with Gasteiger partial charge >= 0.3 is 6.09 Å². The average molecular weight is 414 g/mol. The largest absolute Gasteiger partial charge is 0.445 e. The monoisotopic (exact) mass is 413 g/mol. The van der Waals surface area contributed by atoms with Crippen LogP contribution in [0.5, 0.6) is 0 Å². The van der Waals surface area contributed by atoms with E-state index in [2.05, 4.69) is 0 Å². The van der Waals surface area contributed by atoms with E-state index in [9.17, 15) is 9.59 Å². The molecule has 158 valence electrons. The molecule has 0 aromatic heterocycles. The number of fused-ring (bicyclic) bond motifs is 3. The molecule has 2 bridgehead atoms. The van der Waals surface area contributed by atoms with Gasteiger partial charge in [0.2, 0.25) is 0 Å². The Hall–Kier alpha value is -3.14. The number of amides is 1. The number of piperidine rings is 2. The van der Waals surface area contributed by atoms with E-state index in [1.165, 1.54) is 0 Å². The van der Waals surface area contributed by atoms with E-state index in [1.54, 1.807) is 0 Å². The summed E-state index contributed by atoms with van der Waals surface area (Å²) in [5.74, 6) is 0.172. The van der Waals surface area contributed by atoms with Crippen LogP contribution < -0.4 is 0 Å². The summed E-state index contributed by atoms with van der Waals surface area (Å²) in [5.41, 5.74) is 1.79. The fourth-order valence-corrected chi connectivity index (χ4v) is 5.35. The van der Waals surface area contributed by atoms with Gasteiger partial charge in [-0.2, -0.15) is 0 Å². The van der Waals surface area contributed by atoms with E-state index >= 15 is 0 Å². The first-order valence-corrected chi connectivity index (χ1v) is 11.2. The number of carbonyl (C=O) groups is 2. The lowest BCUT2D eigenvalue weighted by Crippen LogP contribution is -2.55. The van der Waals surface area contributed by atoms with Crippen molar-refractivity contribution in [2.45, 2.75) is 50.8 Å². The molecule has 2 unspecified atom stereocenters. The van der Waals surface area contributed by atoms with Crippen LogP contribution in [-0.2, 0) is 11.3 Å². The lowest BCUT2D eigenvalue weighted by Gasteiger charge is -2.47. The SMILES string of the molecule is O=C(c1cccc2ccccc12)C1CC2CCCC(C1)N2C(=O)OCc1ccccc1. The Morgan fingerprint density at radius 3 is 2.29 bits per heavy atom. The molecule has 2 aliphatic heterocycles. The number of rotatable bonds is 4. The molecular formula is C27H27NO3. The number of benzene rings is 3. The first-order chi connectivity index (χ1) is 15.2. The minimum absolute atomic E-state index is 0.0423. The second kappa shape index (κ2) is 8.54. The van der Waals surface area contributed by atoms with Gasteiger partial charge in [0.05, 0.1) is 0 Å². The van der Waals surface area contributed by atoms with E-state index in [4.69, 9.17) is 4.74 Å². The summed E-state index contributed by atoms with van der Waals surface area (Å²) in [6.45, 7) is 0.286. The van der Waals surface area contributed by atoms with Crippen LogP contribution in [0.3, 0.4) is 0 Å². The van der Waals surface area contributed by atoms with Crippen molar-refractivity contribution in [3.8, 4) is 0 Å². The first kappa shape index (κ1) is 19.8. The lowest BCUT2D eigenvalue weighted by molar-refractivity contribution is 0.00476. The van der Waals surface area contributed by atoms with E-state index in [-0.39, 0.29) is 36.5 Å². The van der Waals surface area contributed by atoms with Gasteiger partial charge < -0.3 is 9.64 Å². The molecule has 0 saturated carbocycles. The molecule has 0 aliphatic carbocycles. The fourth-order valence-electron chi connectivity index (χ4n) is 5.35. The van der Waals surface area contributed by atoms with Gasteiger partial charge in [0.1, 0.15) is 6.61 Å². The fraction of sp³-hybridized carbons (Fsp3) is 0.333. The van der Waals surface area contributed by atoms with Crippen molar-refractivity contribution in [3.05, 3.63) is 83.9 Å². The normalized spacial score (nSPS) is 22.8. The molecule has 4 heteroatoms. The molecule has 2 saturated heterocycles. The molecule has 0 radical (unpaired) electrons. The summed E-state index contributed by atoms with van der Waals surface area (Å²) in [6, 6.07) is 24.0. The molecule has 2 heterocycles. The van der Waals surface area contributed by atoms with Crippen LogP contribution in [0.4, 0.5) is 4.79 Å². The molecule has 0 N–H and O–H groups in total. The molecule has 2 aliphatic rings. The number of carbonyl (C=O) groups excluding carboxylic acids is 2. The average Bonchev–Trinajstić information content (AvgIpc) is 2.81. The smallest absolute Gasteiger partial charge is 0.410 e. The molecular weight excluding hydrogens is 386 g/mol. The van der Waals surface area contributed by atoms with Gasteiger partial charge in [0.25, 0.3) is 0 Å². The molecule has 31 heavy (non-hydrogen) atoms. The van der Waals surface area contributed by atoms with E-state index in [0.29, 0.717) is 0 Å². The molecule has 2 fully saturated rings. The van der Waals surface area contributed by atoms with Crippen LogP contribution >= 0.6 is 0 Å². The summed E-state index contributed by atoms with van der Waals surface area (Å²) in [4.78, 5) is 28.4. The zero-order valence-corrected chi connectivity index (χ0v) is 17.6. The second-order valence-corrected chi connectivity index (χ2v) is 8.75. The number of Topliss-reactive ketones (excluding diaryl/α,β-unsaturated/α-hetero) is 1. The highest BCUT2D eigenvalue weighted by Crippen LogP contribution is 2.39. The van der Waals surface area contributed by atoms with E-state index in [1.807, 2.05) is 77.7 Å². The van der Waals surface area contributed by atoms with Crippen LogP contribution in [0, 0.1) is 5.92 Å². The predicted molar refractivity (Wildman–Crippen MR) is 121 cm³/mol. The summed E-state index contributed by atoms with van der Waals surface area (Å²) < 4.78 is 5.64. The summed E-state index contributed by atoms with van der Waals surface area (Å²) in [6.07, 6.45) is 4.19. The third kappa shape index (κ3) is 3.95. The van der Waals surface area contributed by atoms with Crippen molar-refractivity contribution < 1.29 is 14.3 Å². The maximum atomic E-state index is 13.5. The van der Waals surface area contributed by atoms with Crippen molar-refractivity contribution in [2.75, 3.05) is 0 Å². The maximum absolute atomic E-state index is 13.5. The zero-order valence-electron chi connectivity index (χ0n) is 17.6. The van der Waals surface area contributed by atoms with Crippen LogP contribution in [0.25, 0.3) is 10.8 Å². The van der Waals surface area contributed by atoms with Gasteiger partial charge in [-0.05, 0) is 48.4 Å². The van der Waals surface area contributed by atoms with Gasteiger partial charge in [0.15, 0.2) is 5.78 Å². The predicted octanol–water partition coefficient (Wildman–Crippen LogP) is 5.99. The zero-order chi connectivity index (χ0) is 21.2. The van der Waals surface area contributed by atoms with Gasteiger partial charge in [-0.15, -0.1) is 0 Å². The van der Waals surface area contributed by atoms with Gasteiger partial charge in [0, 0.05) is 23.6 Å². The number of ketones is 1. The summed E-state index contributed by atoms with van der Waals surface area (Å²) in [7, 11) is 0. The molecule has 1 amide bonds. The van der Waals surface area contributed by atoms with Crippen molar-refractivity contribution in [1.29, 1.82) is 0 Å². The molecule has 3 aromatic carbocycles. The van der Waals surface area contributed by atoms with Gasteiger partial charge in [-0.25, -0.2) is 4.79 Å². The Bertz CT molecular complexity index is 1070. The van der Waals surface area contributed by atoms with Crippen molar-refractivity contribution in [1.82, 2.24) is 4.90 Å². The third-order valence-corrected chi connectivity index (χ3v) is 6.82. The standard InChI is InChI=1S/C27H27NO3/c29-26(25-15-6-11-20-10-4-5-14-24(20)25)21-16-22-12-7-13-23(17-21)28(22)27(30)31-18-19-8-2-1-3-9-19/h1-6,8-11,14-15,21-23H,7,12-13,16-18H2. The quantitative estimate of drug-likeness (QED) is 0.493. The molecule has 3 aromatic rings. The number of hydrogen-bond acceptors (Lipinski definition) is 3. The summed E-state index contributed by atoms with van der Waals surface area (Å²) >= 11 is 0. The number of nitrogens with zero attached hydrogens (tertiary/aromatic N) is 1. The first-order valence-electron chi connectivity index (χ1n) is 11.2. The Labute approximate surface area is 182 Å². The highest BCUT2D eigenvalue weighted by atomic mass is 16.6. The van der Waals surface area contributed by atoms with Crippen LogP contribution in [-0.4, -0.2) is 28.9 Å². The van der Waals surface area contributed by atoms with Crippen LogP contribution in [0.2, 0.25) is 0 Å². The van der Waals surface area contributed by atoms with E-state index < -0.39 is 0 Å². The van der Waals surface area contributed by atoms with Crippen molar-refractivity contribution in [3.63, 3.8) is 0 Å². The lowest BCUT2D eigenvalue weighted by atomic mass is 9.75. The number of ether oxygens (including phenoxy) is 1. The third-order valence-electron chi connectivity index (χ3n) is 6.82. The topological polar surface area (TPSA) is 46.6 Å². The van der Waals surface area contributed by atoms with Gasteiger partial charge in [-0.1, -0.05) is 72.8 Å². The number of hydrogen-bond donors (Lipinski definition) is 0. The minimum Gasteiger partial charge on any atom is -0.445 e. The molecule has 4 nitrogen and oxygen atoms in total. The minimum atomic E-state index is -0.241. The molecule has 2 atom stereocenters. The second-order valence-electron chi connectivity index (χ2n) is 8.75. The molecule has 0 spiro atoms. The van der Waals surface area contributed by atoms with Gasteiger partial charge in [-0.3, -0.25) is 4.79 Å². The van der Waals surface area contributed by atoms with Crippen LogP contribution in [0.1, 0.15) is 48.0 Å². The maximum Gasteiger partial charge on any atom is 0.410 e. The Morgan fingerprint density at radius 2 is 1.52 bits per heavy atom. The Kier molecular flexibility index (Phi) is 5.46. The highest BCUT2D eigenvalue weighted by Gasteiger charge is 2.43. The molecule has 5 rings (SSSR count). The van der Waals surface area contributed by atoms with Crippen molar-refractivity contribution in [2.24, 2.45) is 5.92 Å².